The maximum atomic E-state index is 13.6. The summed E-state index contributed by atoms with van der Waals surface area (Å²) in [7, 11) is 1.52. The molecular formula is C11H8BrF3N2. The summed E-state index contributed by atoms with van der Waals surface area (Å²) in [6.45, 7) is 0. The first-order chi connectivity index (χ1) is 7.99. The highest BCUT2D eigenvalue weighted by Gasteiger charge is 2.20. The second kappa shape index (κ2) is 4.52. The fraction of sp³-hybridized carbons (Fsp3) is 0.182. The average molecular weight is 305 g/mol. The van der Waals surface area contributed by atoms with E-state index in [1.54, 1.807) is 0 Å². The van der Waals surface area contributed by atoms with Gasteiger partial charge in [-0.15, -0.1) is 0 Å². The molecule has 0 fully saturated rings. The van der Waals surface area contributed by atoms with Crippen LogP contribution in [0.2, 0.25) is 0 Å². The molecule has 0 bridgehead atoms. The highest BCUT2D eigenvalue weighted by atomic mass is 79.9. The fourth-order valence-corrected chi connectivity index (χ4v) is 1.92. The highest BCUT2D eigenvalue weighted by Crippen LogP contribution is 2.32. The van der Waals surface area contributed by atoms with Crippen molar-refractivity contribution < 1.29 is 13.2 Å². The molecule has 0 amide bonds. The fourth-order valence-electron chi connectivity index (χ4n) is 1.55. The first-order valence-corrected chi connectivity index (χ1v) is 5.55. The van der Waals surface area contributed by atoms with Gasteiger partial charge in [0.25, 0.3) is 6.43 Å². The zero-order valence-electron chi connectivity index (χ0n) is 8.79. The van der Waals surface area contributed by atoms with Crippen molar-refractivity contribution in [1.82, 2.24) is 9.78 Å². The SMILES string of the molecule is Cn1cc(C(F)F)c(-c2cc(Br)ccc2F)n1. The Labute approximate surface area is 104 Å². The van der Waals surface area contributed by atoms with E-state index in [1.165, 1.54) is 36.1 Å². The number of aryl methyl sites for hydroxylation is 1. The number of halogens is 4. The molecule has 0 N–H and O–H groups in total. The monoisotopic (exact) mass is 304 g/mol. The molecule has 90 valence electrons. The van der Waals surface area contributed by atoms with Gasteiger partial charge in [-0.25, -0.2) is 13.2 Å². The summed E-state index contributed by atoms with van der Waals surface area (Å²) >= 11 is 3.17. The average Bonchev–Trinajstić information content (AvgIpc) is 2.64. The number of rotatable bonds is 2. The first kappa shape index (κ1) is 12.2. The summed E-state index contributed by atoms with van der Waals surface area (Å²) < 4.78 is 41.0. The van der Waals surface area contributed by atoms with Gasteiger partial charge in [0, 0.05) is 23.3 Å². The van der Waals surface area contributed by atoms with E-state index in [9.17, 15) is 13.2 Å². The van der Waals surface area contributed by atoms with E-state index in [-0.39, 0.29) is 16.8 Å². The second-order valence-electron chi connectivity index (χ2n) is 3.53. The summed E-state index contributed by atoms with van der Waals surface area (Å²) in [5.74, 6) is -0.575. The molecule has 0 radical (unpaired) electrons. The summed E-state index contributed by atoms with van der Waals surface area (Å²) in [5, 5.41) is 3.88. The number of nitrogens with zero attached hydrogens (tertiary/aromatic N) is 2. The largest absolute Gasteiger partial charge is 0.275 e. The summed E-state index contributed by atoms with van der Waals surface area (Å²) in [6.07, 6.45) is -1.49. The molecule has 0 aliphatic rings. The van der Waals surface area contributed by atoms with Crippen LogP contribution in [-0.2, 0) is 7.05 Å². The van der Waals surface area contributed by atoms with Crippen molar-refractivity contribution >= 4 is 15.9 Å². The van der Waals surface area contributed by atoms with Crippen LogP contribution in [-0.4, -0.2) is 9.78 Å². The Balaban J connectivity index is 2.63. The number of hydrogen-bond donors (Lipinski definition) is 0. The van der Waals surface area contributed by atoms with Crippen LogP contribution in [0.25, 0.3) is 11.3 Å². The van der Waals surface area contributed by atoms with Gasteiger partial charge in [0.15, 0.2) is 0 Å². The van der Waals surface area contributed by atoms with Crippen molar-refractivity contribution in [2.24, 2.45) is 7.05 Å². The summed E-state index contributed by atoms with van der Waals surface area (Å²) in [4.78, 5) is 0. The van der Waals surface area contributed by atoms with E-state index in [2.05, 4.69) is 21.0 Å². The van der Waals surface area contributed by atoms with Gasteiger partial charge in [0.1, 0.15) is 11.5 Å². The molecule has 1 heterocycles. The number of hydrogen-bond acceptors (Lipinski definition) is 1. The number of aromatic nitrogens is 2. The topological polar surface area (TPSA) is 17.8 Å². The molecule has 0 atom stereocenters. The van der Waals surface area contributed by atoms with Gasteiger partial charge < -0.3 is 0 Å². The van der Waals surface area contributed by atoms with Crippen molar-refractivity contribution in [3.63, 3.8) is 0 Å². The van der Waals surface area contributed by atoms with Crippen LogP contribution in [0.1, 0.15) is 12.0 Å². The maximum absolute atomic E-state index is 13.6. The molecule has 0 saturated heterocycles. The summed E-state index contributed by atoms with van der Waals surface area (Å²) in [5.41, 5.74) is -0.235. The van der Waals surface area contributed by atoms with Gasteiger partial charge in [0.2, 0.25) is 0 Å². The third kappa shape index (κ3) is 2.36. The van der Waals surface area contributed by atoms with Crippen molar-refractivity contribution in [2.75, 3.05) is 0 Å². The number of alkyl halides is 2. The molecule has 0 spiro atoms. The van der Waals surface area contributed by atoms with Gasteiger partial charge in [-0.05, 0) is 18.2 Å². The third-order valence-corrected chi connectivity index (χ3v) is 2.77. The first-order valence-electron chi connectivity index (χ1n) is 4.76. The standard InChI is InChI=1S/C11H8BrF3N2/c1-17-5-8(11(14)15)10(16-17)7-4-6(12)2-3-9(7)13/h2-5,11H,1H3. The Kier molecular flexibility index (Phi) is 3.24. The third-order valence-electron chi connectivity index (χ3n) is 2.28. The molecule has 0 aliphatic heterocycles. The zero-order chi connectivity index (χ0) is 12.6. The minimum absolute atomic E-state index is 0.0266. The van der Waals surface area contributed by atoms with Gasteiger partial charge in [-0.3, -0.25) is 4.68 Å². The molecule has 6 heteroatoms. The lowest BCUT2D eigenvalue weighted by atomic mass is 10.1. The maximum Gasteiger partial charge on any atom is 0.267 e. The lowest BCUT2D eigenvalue weighted by Gasteiger charge is -2.03. The quantitative estimate of drug-likeness (QED) is 0.822. The Morgan fingerprint density at radius 2 is 2.06 bits per heavy atom. The van der Waals surface area contributed by atoms with Crippen LogP contribution in [0.3, 0.4) is 0 Å². The van der Waals surface area contributed by atoms with E-state index in [4.69, 9.17) is 0 Å². The lowest BCUT2D eigenvalue weighted by Crippen LogP contribution is -1.91. The Morgan fingerprint density at radius 1 is 1.35 bits per heavy atom. The van der Waals surface area contributed by atoms with Crippen LogP contribution in [0.5, 0.6) is 0 Å². The van der Waals surface area contributed by atoms with Crippen LogP contribution in [0.15, 0.2) is 28.9 Å². The molecule has 1 aromatic heterocycles. The van der Waals surface area contributed by atoms with E-state index < -0.39 is 12.2 Å². The van der Waals surface area contributed by atoms with Gasteiger partial charge in [0.05, 0.1) is 5.56 Å². The molecule has 17 heavy (non-hydrogen) atoms. The van der Waals surface area contributed by atoms with Gasteiger partial charge >= 0.3 is 0 Å². The predicted octanol–water partition coefficient (Wildman–Crippen LogP) is 3.93. The lowest BCUT2D eigenvalue weighted by molar-refractivity contribution is 0.152. The van der Waals surface area contributed by atoms with Crippen LogP contribution >= 0.6 is 15.9 Å². The molecule has 0 saturated carbocycles. The summed E-state index contributed by atoms with van der Waals surface area (Å²) in [6, 6.07) is 4.15. The Bertz CT molecular complexity index is 552. The van der Waals surface area contributed by atoms with E-state index in [1.807, 2.05) is 0 Å². The Morgan fingerprint density at radius 3 is 2.71 bits per heavy atom. The van der Waals surface area contributed by atoms with Gasteiger partial charge in [-0.1, -0.05) is 15.9 Å². The molecule has 2 aromatic rings. The van der Waals surface area contributed by atoms with Crippen molar-refractivity contribution in [3.05, 3.63) is 40.2 Å². The smallest absolute Gasteiger partial charge is 0.267 e. The van der Waals surface area contributed by atoms with Crippen LogP contribution in [0, 0.1) is 5.82 Å². The predicted molar refractivity (Wildman–Crippen MR) is 61.3 cm³/mol. The Hall–Kier alpha value is -1.30. The van der Waals surface area contributed by atoms with Crippen molar-refractivity contribution in [3.8, 4) is 11.3 Å². The van der Waals surface area contributed by atoms with Crippen LogP contribution < -0.4 is 0 Å². The van der Waals surface area contributed by atoms with E-state index in [0.29, 0.717) is 4.47 Å². The molecule has 2 nitrogen and oxygen atoms in total. The van der Waals surface area contributed by atoms with E-state index in [0.717, 1.165) is 0 Å². The van der Waals surface area contributed by atoms with E-state index >= 15 is 0 Å². The van der Waals surface area contributed by atoms with Crippen LogP contribution in [0.4, 0.5) is 13.2 Å². The van der Waals surface area contributed by atoms with Crippen molar-refractivity contribution in [2.45, 2.75) is 6.43 Å². The normalized spacial score (nSPS) is 11.2. The molecular weight excluding hydrogens is 297 g/mol. The minimum atomic E-state index is -2.68. The van der Waals surface area contributed by atoms with Crippen molar-refractivity contribution in [1.29, 1.82) is 0 Å². The molecule has 0 aliphatic carbocycles. The van der Waals surface area contributed by atoms with Gasteiger partial charge in [-0.2, -0.15) is 5.10 Å². The number of benzene rings is 1. The molecule has 1 aromatic carbocycles. The highest BCUT2D eigenvalue weighted by molar-refractivity contribution is 9.10. The minimum Gasteiger partial charge on any atom is -0.275 e. The molecule has 2 rings (SSSR count). The molecule has 0 unspecified atom stereocenters. The zero-order valence-corrected chi connectivity index (χ0v) is 10.4. The second-order valence-corrected chi connectivity index (χ2v) is 4.45.